The molecule has 0 atom stereocenters. The Balaban J connectivity index is 1.84. The molecule has 0 unspecified atom stereocenters. The van der Waals surface area contributed by atoms with Gasteiger partial charge in [0.1, 0.15) is 17.5 Å². The van der Waals surface area contributed by atoms with Crippen LogP contribution < -0.4 is 10.6 Å². The molecule has 1 saturated carbocycles. The molecule has 2 N–H and O–H groups in total. The minimum absolute atomic E-state index is 0.320. The van der Waals surface area contributed by atoms with Crippen LogP contribution in [0.3, 0.4) is 0 Å². The van der Waals surface area contributed by atoms with Crippen LogP contribution in [0.2, 0.25) is 0 Å². The minimum Gasteiger partial charge on any atom is -0.379 e. The van der Waals surface area contributed by atoms with Crippen molar-refractivity contribution in [2.24, 2.45) is 5.92 Å². The first kappa shape index (κ1) is 15.0. The Hall–Kier alpha value is -1.36. The lowest BCUT2D eigenvalue weighted by molar-refractivity contribution is 0.134. The largest absolute Gasteiger partial charge is 0.379 e. The standard InChI is InChI=1S/C15H26N4O/c1-4-16-13-9-14(19-15(18-13)11(2)3)17-7-8-20-10-12-5-6-12/h9,11-12H,4-8,10H2,1-3H3,(H2,16,17,18,19). The lowest BCUT2D eigenvalue weighted by atomic mass is 10.2. The van der Waals surface area contributed by atoms with Gasteiger partial charge in [0.05, 0.1) is 6.61 Å². The fourth-order valence-corrected chi connectivity index (χ4v) is 1.87. The van der Waals surface area contributed by atoms with Gasteiger partial charge >= 0.3 is 0 Å². The molecule has 0 spiro atoms. The summed E-state index contributed by atoms with van der Waals surface area (Å²) in [6.45, 7) is 9.56. The van der Waals surface area contributed by atoms with Crippen molar-refractivity contribution in [3.05, 3.63) is 11.9 Å². The SMILES string of the molecule is CCNc1cc(NCCOCC2CC2)nc(C(C)C)n1. The van der Waals surface area contributed by atoms with Gasteiger partial charge in [0.2, 0.25) is 0 Å². The van der Waals surface area contributed by atoms with Crippen LogP contribution in [0.1, 0.15) is 45.4 Å². The molecule has 0 saturated heterocycles. The van der Waals surface area contributed by atoms with E-state index in [4.69, 9.17) is 4.74 Å². The van der Waals surface area contributed by atoms with Crippen LogP contribution in [-0.4, -0.2) is 36.3 Å². The van der Waals surface area contributed by atoms with Crippen molar-refractivity contribution in [2.75, 3.05) is 36.9 Å². The number of nitrogens with zero attached hydrogens (tertiary/aromatic N) is 2. The third-order valence-electron chi connectivity index (χ3n) is 3.22. The second-order valence-corrected chi connectivity index (χ2v) is 5.63. The van der Waals surface area contributed by atoms with Crippen molar-refractivity contribution in [3.8, 4) is 0 Å². The van der Waals surface area contributed by atoms with Gasteiger partial charge in [-0.2, -0.15) is 0 Å². The molecule has 0 radical (unpaired) electrons. The molecule has 1 aliphatic rings. The maximum Gasteiger partial charge on any atom is 0.135 e. The summed E-state index contributed by atoms with van der Waals surface area (Å²) in [4.78, 5) is 9.05. The quantitative estimate of drug-likeness (QED) is 0.680. The first-order valence-corrected chi connectivity index (χ1v) is 7.63. The number of hydrogen-bond donors (Lipinski definition) is 2. The molecule has 1 aromatic rings. The Labute approximate surface area is 121 Å². The highest BCUT2D eigenvalue weighted by atomic mass is 16.5. The van der Waals surface area contributed by atoms with Crippen molar-refractivity contribution in [2.45, 2.75) is 39.5 Å². The lowest BCUT2D eigenvalue weighted by Crippen LogP contribution is -2.13. The van der Waals surface area contributed by atoms with E-state index in [-0.39, 0.29) is 0 Å². The summed E-state index contributed by atoms with van der Waals surface area (Å²) in [5.41, 5.74) is 0. The predicted molar refractivity (Wildman–Crippen MR) is 82.3 cm³/mol. The molecule has 0 aromatic carbocycles. The van der Waals surface area contributed by atoms with Gasteiger partial charge in [-0.25, -0.2) is 9.97 Å². The summed E-state index contributed by atoms with van der Waals surface area (Å²) in [7, 11) is 0. The molecule has 1 heterocycles. The van der Waals surface area contributed by atoms with Crippen LogP contribution in [0.4, 0.5) is 11.6 Å². The molecular formula is C15H26N4O. The smallest absolute Gasteiger partial charge is 0.135 e. The highest BCUT2D eigenvalue weighted by Gasteiger charge is 2.20. The highest BCUT2D eigenvalue weighted by molar-refractivity contribution is 5.47. The molecule has 1 fully saturated rings. The number of hydrogen-bond acceptors (Lipinski definition) is 5. The molecule has 0 aliphatic heterocycles. The summed E-state index contributed by atoms with van der Waals surface area (Å²) in [5.74, 6) is 3.76. The summed E-state index contributed by atoms with van der Waals surface area (Å²) < 4.78 is 5.61. The van der Waals surface area contributed by atoms with Gasteiger partial charge < -0.3 is 15.4 Å². The Morgan fingerprint density at radius 2 is 1.95 bits per heavy atom. The lowest BCUT2D eigenvalue weighted by Gasteiger charge is -2.12. The zero-order chi connectivity index (χ0) is 14.4. The Morgan fingerprint density at radius 1 is 1.25 bits per heavy atom. The van der Waals surface area contributed by atoms with Crippen molar-refractivity contribution >= 4 is 11.6 Å². The molecule has 5 heteroatoms. The van der Waals surface area contributed by atoms with Crippen LogP contribution in [0.5, 0.6) is 0 Å². The van der Waals surface area contributed by atoms with Crippen LogP contribution in [0, 0.1) is 5.92 Å². The van der Waals surface area contributed by atoms with Crippen LogP contribution in [-0.2, 0) is 4.74 Å². The highest BCUT2D eigenvalue weighted by Crippen LogP contribution is 2.28. The van der Waals surface area contributed by atoms with Gasteiger partial charge in [0.15, 0.2) is 0 Å². The van der Waals surface area contributed by atoms with Gasteiger partial charge in [0.25, 0.3) is 0 Å². The average molecular weight is 278 g/mol. The molecule has 5 nitrogen and oxygen atoms in total. The predicted octanol–water partition coefficient (Wildman–Crippen LogP) is 2.87. The van der Waals surface area contributed by atoms with Crippen LogP contribution >= 0.6 is 0 Å². The first-order chi connectivity index (χ1) is 9.69. The van der Waals surface area contributed by atoms with E-state index in [1.54, 1.807) is 0 Å². The summed E-state index contributed by atoms with van der Waals surface area (Å²) >= 11 is 0. The number of ether oxygens (including phenoxy) is 1. The van der Waals surface area contributed by atoms with E-state index in [9.17, 15) is 0 Å². The van der Waals surface area contributed by atoms with E-state index in [0.29, 0.717) is 5.92 Å². The minimum atomic E-state index is 0.320. The van der Waals surface area contributed by atoms with Crippen molar-refractivity contribution in [1.82, 2.24) is 9.97 Å². The zero-order valence-electron chi connectivity index (χ0n) is 12.8. The molecular weight excluding hydrogens is 252 g/mol. The number of aromatic nitrogens is 2. The van der Waals surface area contributed by atoms with E-state index < -0.39 is 0 Å². The molecule has 1 aromatic heterocycles. The number of rotatable bonds is 9. The number of nitrogens with one attached hydrogen (secondary N) is 2. The maximum atomic E-state index is 5.61. The van der Waals surface area contributed by atoms with Crippen molar-refractivity contribution in [3.63, 3.8) is 0 Å². The second-order valence-electron chi connectivity index (χ2n) is 5.63. The molecule has 0 bridgehead atoms. The van der Waals surface area contributed by atoms with E-state index in [0.717, 1.165) is 49.7 Å². The van der Waals surface area contributed by atoms with Crippen LogP contribution in [0.15, 0.2) is 6.07 Å². The van der Waals surface area contributed by atoms with Gasteiger partial charge in [0, 0.05) is 31.7 Å². The first-order valence-electron chi connectivity index (χ1n) is 7.63. The van der Waals surface area contributed by atoms with Crippen molar-refractivity contribution in [1.29, 1.82) is 0 Å². The Bertz CT molecular complexity index is 418. The topological polar surface area (TPSA) is 59.1 Å². The normalized spacial score (nSPS) is 14.6. The second kappa shape index (κ2) is 7.43. The van der Waals surface area contributed by atoms with E-state index in [1.165, 1.54) is 12.8 Å². The zero-order valence-corrected chi connectivity index (χ0v) is 12.8. The Morgan fingerprint density at radius 3 is 2.55 bits per heavy atom. The molecule has 1 aliphatic carbocycles. The average Bonchev–Trinajstić information content (AvgIpc) is 3.22. The number of anilines is 2. The van der Waals surface area contributed by atoms with Crippen molar-refractivity contribution < 1.29 is 4.74 Å². The van der Waals surface area contributed by atoms with Crippen LogP contribution in [0.25, 0.3) is 0 Å². The van der Waals surface area contributed by atoms with E-state index in [1.807, 2.05) is 6.07 Å². The molecule has 20 heavy (non-hydrogen) atoms. The van der Waals surface area contributed by atoms with Gasteiger partial charge in [-0.05, 0) is 25.7 Å². The molecule has 2 rings (SSSR count). The van der Waals surface area contributed by atoms with Gasteiger partial charge in [-0.3, -0.25) is 0 Å². The summed E-state index contributed by atoms with van der Waals surface area (Å²) in [6, 6.07) is 1.95. The molecule has 0 amide bonds. The van der Waals surface area contributed by atoms with E-state index >= 15 is 0 Å². The van der Waals surface area contributed by atoms with Gasteiger partial charge in [-0.1, -0.05) is 13.8 Å². The molecule has 112 valence electrons. The third kappa shape index (κ3) is 4.96. The summed E-state index contributed by atoms with van der Waals surface area (Å²) in [5, 5.41) is 6.56. The van der Waals surface area contributed by atoms with Gasteiger partial charge in [-0.15, -0.1) is 0 Å². The Kier molecular flexibility index (Phi) is 5.59. The maximum absolute atomic E-state index is 5.61. The van der Waals surface area contributed by atoms with E-state index in [2.05, 4.69) is 41.4 Å². The monoisotopic (exact) mass is 278 g/mol. The summed E-state index contributed by atoms with van der Waals surface area (Å²) in [6.07, 6.45) is 2.67. The fourth-order valence-electron chi connectivity index (χ4n) is 1.87. The fraction of sp³-hybridized carbons (Fsp3) is 0.733. The third-order valence-corrected chi connectivity index (χ3v) is 3.22.